The lowest BCUT2D eigenvalue weighted by Crippen LogP contribution is -2.51. The van der Waals surface area contributed by atoms with Crippen LogP contribution in [-0.4, -0.2) is 46.3 Å². The van der Waals surface area contributed by atoms with Crippen molar-refractivity contribution in [3.8, 4) is 0 Å². The summed E-state index contributed by atoms with van der Waals surface area (Å²) in [5.74, 6) is 1.04. The molecule has 3 aliphatic rings. The Morgan fingerprint density at radius 3 is 2.69 bits per heavy atom. The van der Waals surface area contributed by atoms with Gasteiger partial charge in [-0.05, 0) is 87.5 Å². The maximum absolute atomic E-state index is 13.6. The van der Waals surface area contributed by atoms with Crippen molar-refractivity contribution in [1.29, 1.82) is 0 Å². The number of nitrogens with one attached hydrogen (secondary N) is 1. The summed E-state index contributed by atoms with van der Waals surface area (Å²) in [6, 6.07) is 7.09. The minimum atomic E-state index is -0.154. The first-order valence-electron chi connectivity index (χ1n) is 12.3. The summed E-state index contributed by atoms with van der Waals surface area (Å²) < 4.78 is 20.1. The number of amides is 1. The number of hydrogen-bond acceptors (Lipinski definition) is 3. The fraction of sp³-hybridized carbons (Fsp3) is 0.615. The zero-order valence-corrected chi connectivity index (χ0v) is 18.9. The molecule has 0 spiro atoms. The van der Waals surface area contributed by atoms with E-state index in [4.69, 9.17) is 4.74 Å². The van der Waals surface area contributed by atoms with Gasteiger partial charge in [-0.15, -0.1) is 0 Å². The van der Waals surface area contributed by atoms with Crippen LogP contribution in [0.5, 0.6) is 0 Å². The molecule has 1 aromatic carbocycles. The Morgan fingerprint density at radius 2 is 2.00 bits per heavy atom. The molecule has 32 heavy (non-hydrogen) atoms. The highest BCUT2D eigenvalue weighted by Gasteiger charge is 2.42. The molecule has 1 aromatic heterocycles. The van der Waals surface area contributed by atoms with Crippen molar-refractivity contribution in [2.24, 2.45) is 5.92 Å². The van der Waals surface area contributed by atoms with Crippen molar-refractivity contribution in [1.82, 2.24) is 15.1 Å². The van der Waals surface area contributed by atoms with Crippen molar-refractivity contribution in [3.63, 3.8) is 0 Å². The molecule has 2 atom stereocenters. The molecule has 0 radical (unpaired) electrons. The number of piperidine rings is 1. The van der Waals surface area contributed by atoms with Crippen molar-refractivity contribution >= 4 is 5.91 Å². The number of H-pyrrole nitrogens is 1. The standard InChI is InChI=1S/C26H34FN3O2/c1-17-15-28-29-25(17)23-6-3-13-30(26(31)19-7-8-19)24(23)16-32-22-11-9-18(10-12-22)20-4-2-5-21(27)14-20/h2,4-5,14-15,18-19,22-24H,3,6-13,16H2,1H3,(H,28,29)/t18?,22?,23-,24-/m0/s1. The van der Waals surface area contributed by atoms with E-state index in [-0.39, 0.29) is 29.8 Å². The number of carbonyl (C=O) groups is 1. The monoisotopic (exact) mass is 439 g/mol. The second-order valence-electron chi connectivity index (χ2n) is 9.95. The van der Waals surface area contributed by atoms with Gasteiger partial charge in [0.2, 0.25) is 5.91 Å². The van der Waals surface area contributed by atoms with Crippen LogP contribution in [0.4, 0.5) is 4.39 Å². The van der Waals surface area contributed by atoms with Crippen LogP contribution in [0, 0.1) is 18.7 Å². The van der Waals surface area contributed by atoms with Crippen molar-refractivity contribution in [2.75, 3.05) is 13.2 Å². The van der Waals surface area contributed by atoms with Crippen molar-refractivity contribution in [3.05, 3.63) is 53.1 Å². The number of nitrogens with zero attached hydrogens (tertiary/aromatic N) is 2. The SMILES string of the molecule is Cc1cn[nH]c1[C@H]1CCCN(C(=O)C2CC2)[C@H]1COC1CCC(c2cccc(F)c2)CC1. The first-order valence-corrected chi connectivity index (χ1v) is 12.3. The largest absolute Gasteiger partial charge is 0.376 e. The number of likely N-dealkylation sites (tertiary alicyclic amines) is 1. The maximum atomic E-state index is 13.6. The number of benzene rings is 1. The second kappa shape index (κ2) is 9.34. The number of hydrogen-bond donors (Lipinski definition) is 1. The lowest BCUT2D eigenvalue weighted by Gasteiger charge is -2.42. The Bertz CT molecular complexity index is 933. The summed E-state index contributed by atoms with van der Waals surface area (Å²) in [5.41, 5.74) is 3.42. The highest BCUT2D eigenvalue weighted by molar-refractivity contribution is 5.81. The number of rotatable bonds is 6. The molecule has 2 saturated carbocycles. The Labute approximate surface area is 189 Å². The Kier molecular flexibility index (Phi) is 6.31. The lowest BCUT2D eigenvalue weighted by atomic mass is 9.82. The Balaban J connectivity index is 1.24. The van der Waals surface area contributed by atoms with E-state index in [2.05, 4.69) is 22.0 Å². The fourth-order valence-corrected chi connectivity index (χ4v) is 5.73. The second-order valence-corrected chi connectivity index (χ2v) is 9.95. The van der Waals surface area contributed by atoms with Crippen LogP contribution in [0.2, 0.25) is 0 Å². The maximum Gasteiger partial charge on any atom is 0.226 e. The van der Waals surface area contributed by atoms with Crippen LogP contribution < -0.4 is 0 Å². The normalized spacial score (nSPS) is 28.6. The van der Waals surface area contributed by atoms with E-state index in [1.165, 1.54) is 6.07 Å². The minimum Gasteiger partial charge on any atom is -0.376 e. The minimum absolute atomic E-state index is 0.0666. The molecule has 2 aliphatic carbocycles. The van der Waals surface area contributed by atoms with Gasteiger partial charge >= 0.3 is 0 Å². The summed E-state index contributed by atoms with van der Waals surface area (Å²) in [7, 11) is 0. The Morgan fingerprint density at radius 1 is 1.19 bits per heavy atom. The van der Waals surface area contributed by atoms with Gasteiger partial charge in [-0.1, -0.05) is 12.1 Å². The zero-order valence-electron chi connectivity index (χ0n) is 18.9. The van der Waals surface area contributed by atoms with Crippen LogP contribution in [-0.2, 0) is 9.53 Å². The molecule has 0 unspecified atom stereocenters. The lowest BCUT2D eigenvalue weighted by molar-refractivity contribution is -0.139. The van der Waals surface area contributed by atoms with Gasteiger partial charge in [-0.25, -0.2) is 4.39 Å². The average molecular weight is 440 g/mol. The molecule has 3 fully saturated rings. The highest BCUT2D eigenvalue weighted by Crippen LogP contribution is 2.39. The van der Waals surface area contributed by atoms with E-state index in [1.54, 1.807) is 12.1 Å². The average Bonchev–Trinajstić information content (AvgIpc) is 3.58. The van der Waals surface area contributed by atoms with E-state index in [0.29, 0.717) is 18.4 Å². The molecule has 0 bridgehead atoms. The predicted octanol–water partition coefficient (Wildman–Crippen LogP) is 5.08. The van der Waals surface area contributed by atoms with Crippen LogP contribution in [0.25, 0.3) is 0 Å². The Hall–Kier alpha value is -2.21. The molecule has 172 valence electrons. The molecule has 2 aromatic rings. The first kappa shape index (κ1) is 21.6. The molecule has 1 saturated heterocycles. The van der Waals surface area contributed by atoms with Crippen LogP contribution in [0.15, 0.2) is 30.5 Å². The number of aromatic nitrogens is 2. The number of ether oxygens (including phenoxy) is 1. The van der Waals surface area contributed by atoms with Gasteiger partial charge in [0, 0.05) is 24.1 Å². The fourth-order valence-electron chi connectivity index (χ4n) is 5.73. The third kappa shape index (κ3) is 4.61. The molecule has 1 aliphatic heterocycles. The molecule has 6 heteroatoms. The van der Waals surface area contributed by atoms with Gasteiger partial charge in [0.25, 0.3) is 0 Å². The van der Waals surface area contributed by atoms with E-state index >= 15 is 0 Å². The molecular formula is C26H34FN3O2. The molecule has 5 nitrogen and oxygen atoms in total. The van der Waals surface area contributed by atoms with Crippen molar-refractivity contribution < 1.29 is 13.9 Å². The number of aromatic amines is 1. The molecule has 2 heterocycles. The van der Waals surface area contributed by atoms with Gasteiger partial charge in [0.15, 0.2) is 0 Å². The third-order valence-corrected chi connectivity index (χ3v) is 7.72. The molecule has 1 amide bonds. The molecule has 1 N–H and O–H groups in total. The molecule has 5 rings (SSSR count). The van der Waals surface area contributed by atoms with E-state index in [1.807, 2.05) is 12.3 Å². The number of aryl methyl sites for hydroxylation is 1. The number of carbonyl (C=O) groups excluding carboxylic acids is 1. The smallest absolute Gasteiger partial charge is 0.226 e. The van der Waals surface area contributed by atoms with Gasteiger partial charge < -0.3 is 9.64 Å². The van der Waals surface area contributed by atoms with Crippen LogP contribution in [0.3, 0.4) is 0 Å². The van der Waals surface area contributed by atoms with Gasteiger partial charge in [-0.2, -0.15) is 5.10 Å². The third-order valence-electron chi connectivity index (χ3n) is 7.72. The summed E-state index contributed by atoms with van der Waals surface area (Å²) in [4.78, 5) is 15.2. The predicted molar refractivity (Wildman–Crippen MR) is 121 cm³/mol. The quantitative estimate of drug-likeness (QED) is 0.682. The molecular weight excluding hydrogens is 405 g/mol. The number of halogens is 1. The highest BCUT2D eigenvalue weighted by atomic mass is 19.1. The van der Waals surface area contributed by atoms with Crippen LogP contribution in [0.1, 0.15) is 80.0 Å². The summed E-state index contributed by atoms with van der Waals surface area (Å²) in [6.07, 6.45) is 10.2. The van der Waals surface area contributed by atoms with E-state index < -0.39 is 0 Å². The first-order chi connectivity index (χ1) is 15.6. The van der Waals surface area contributed by atoms with Crippen molar-refractivity contribution in [2.45, 2.75) is 82.3 Å². The van der Waals surface area contributed by atoms with E-state index in [0.717, 1.165) is 74.7 Å². The summed E-state index contributed by atoms with van der Waals surface area (Å²) >= 11 is 0. The zero-order chi connectivity index (χ0) is 22.1. The van der Waals surface area contributed by atoms with Gasteiger partial charge in [0.1, 0.15) is 5.82 Å². The van der Waals surface area contributed by atoms with Gasteiger partial charge in [-0.3, -0.25) is 9.89 Å². The summed E-state index contributed by atoms with van der Waals surface area (Å²) in [6.45, 7) is 3.50. The summed E-state index contributed by atoms with van der Waals surface area (Å²) in [5, 5.41) is 7.45. The van der Waals surface area contributed by atoms with Gasteiger partial charge in [0.05, 0.1) is 24.9 Å². The van der Waals surface area contributed by atoms with E-state index in [9.17, 15) is 9.18 Å². The topological polar surface area (TPSA) is 58.2 Å². The van der Waals surface area contributed by atoms with Crippen LogP contribution >= 0.6 is 0 Å².